The Kier molecular flexibility index (Phi) is 10.7. The molecule has 0 heterocycles. The highest BCUT2D eigenvalue weighted by Gasteiger charge is 2.37. The van der Waals surface area contributed by atoms with Gasteiger partial charge in [-0.1, -0.05) is 30.2 Å². The lowest BCUT2D eigenvalue weighted by atomic mass is 9.96. The monoisotopic (exact) mass is 498 g/mol. The first-order valence-corrected chi connectivity index (χ1v) is 11.7. The molecular weight excluding hydrogens is 460 g/mol. The molecule has 196 valence electrons. The van der Waals surface area contributed by atoms with Gasteiger partial charge >= 0.3 is 6.09 Å². The maximum Gasteiger partial charge on any atom is 0.408 e. The standard InChI is InChI=1S/C27H38N4O5/c1-9-17-31(24(34)20(15-16-21(28)32)29-25(35)36-27(6,7)8)22(23(33)30-26(3,4)5)19-14-12-11-13-18(19)10-2/h2,9,11-14,20,22H,1,15-17H2,3-8H3,(H2,28,32)(H,29,35)(H,30,33). The van der Waals surface area contributed by atoms with Gasteiger partial charge in [-0.3, -0.25) is 14.4 Å². The number of alkyl carbamates (subject to hydrolysis) is 1. The van der Waals surface area contributed by atoms with E-state index in [1.54, 1.807) is 45.0 Å². The van der Waals surface area contributed by atoms with Gasteiger partial charge in [0.15, 0.2) is 0 Å². The topological polar surface area (TPSA) is 131 Å². The van der Waals surface area contributed by atoms with Crippen LogP contribution in [0.4, 0.5) is 4.79 Å². The quantitative estimate of drug-likeness (QED) is 0.337. The minimum absolute atomic E-state index is 0.0387. The van der Waals surface area contributed by atoms with Crippen molar-refractivity contribution >= 4 is 23.8 Å². The Hall–Kier alpha value is -3.80. The number of hydrogen-bond donors (Lipinski definition) is 3. The van der Waals surface area contributed by atoms with Gasteiger partial charge in [0.25, 0.3) is 0 Å². The van der Waals surface area contributed by atoms with Crippen molar-refractivity contribution in [3.8, 4) is 12.3 Å². The Morgan fingerprint density at radius 1 is 1.17 bits per heavy atom. The van der Waals surface area contributed by atoms with Crippen LogP contribution in [-0.4, -0.2) is 52.4 Å². The lowest BCUT2D eigenvalue weighted by Crippen LogP contribution is -2.55. The minimum Gasteiger partial charge on any atom is -0.444 e. The van der Waals surface area contributed by atoms with Gasteiger partial charge in [0.2, 0.25) is 17.7 Å². The smallest absolute Gasteiger partial charge is 0.408 e. The van der Waals surface area contributed by atoms with Crippen LogP contribution in [0.5, 0.6) is 0 Å². The Balaban J connectivity index is 3.57. The molecule has 0 bridgehead atoms. The fourth-order valence-corrected chi connectivity index (χ4v) is 3.41. The zero-order valence-electron chi connectivity index (χ0n) is 22.0. The molecule has 9 nitrogen and oxygen atoms in total. The lowest BCUT2D eigenvalue weighted by Gasteiger charge is -2.35. The van der Waals surface area contributed by atoms with Crippen molar-refractivity contribution in [3.05, 3.63) is 48.0 Å². The van der Waals surface area contributed by atoms with Crippen molar-refractivity contribution in [1.82, 2.24) is 15.5 Å². The summed E-state index contributed by atoms with van der Waals surface area (Å²) in [6, 6.07) is 4.45. The number of carbonyl (C=O) groups is 4. The molecule has 1 aromatic carbocycles. The van der Waals surface area contributed by atoms with E-state index in [0.29, 0.717) is 11.1 Å². The summed E-state index contributed by atoms with van der Waals surface area (Å²) in [6.45, 7) is 14.2. The molecule has 0 saturated heterocycles. The molecule has 0 saturated carbocycles. The van der Waals surface area contributed by atoms with E-state index in [9.17, 15) is 19.2 Å². The number of nitrogens with one attached hydrogen (secondary N) is 2. The molecule has 36 heavy (non-hydrogen) atoms. The fraction of sp³-hybridized carbons (Fsp3) is 0.481. The third kappa shape index (κ3) is 9.82. The SMILES string of the molecule is C#Cc1ccccc1C(C(=O)NC(C)(C)C)N(CC=C)C(=O)C(CCC(N)=O)NC(=O)OC(C)(C)C. The molecular formula is C27H38N4O5. The summed E-state index contributed by atoms with van der Waals surface area (Å²) in [6.07, 6.45) is 6.06. The van der Waals surface area contributed by atoms with E-state index < -0.39 is 47.0 Å². The molecule has 0 aromatic heterocycles. The van der Waals surface area contributed by atoms with Crippen LogP contribution < -0.4 is 16.4 Å². The van der Waals surface area contributed by atoms with Crippen LogP contribution in [0.15, 0.2) is 36.9 Å². The second-order valence-electron chi connectivity index (χ2n) is 10.4. The highest BCUT2D eigenvalue weighted by atomic mass is 16.6. The molecule has 0 radical (unpaired) electrons. The van der Waals surface area contributed by atoms with Crippen LogP contribution in [0.25, 0.3) is 0 Å². The first-order valence-electron chi connectivity index (χ1n) is 11.7. The first-order chi connectivity index (χ1) is 16.6. The van der Waals surface area contributed by atoms with E-state index in [4.69, 9.17) is 16.9 Å². The Labute approximate surface area is 213 Å². The Morgan fingerprint density at radius 2 is 1.78 bits per heavy atom. The first kappa shape index (κ1) is 30.2. The van der Waals surface area contributed by atoms with Crippen molar-refractivity contribution in [3.63, 3.8) is 0 Å². The number of nitrogens with zero attached hydrogens (tertiary/aromatic N) is 1. The highest BCUT2D eigenvalue weighted by Crippen LogP contribution is 2.27. The van der Waals surface area contributed by atoms with Crippen molar-refractivity contribution in [1.29, 1.82) is 0 Å². The minimum atomic E-state index is -1.20. The van der Waals surface area contributed by atoms with Gasteiger partial charge in [0.1, 0.15) is 17.7 Å². The summed E-state index contributed by atoms with van der Waals surface area (Å²) in [7, 11) is 0. The second-order valence-corrected chi connectivity index (χ2v) is 10.4. The van der Waals surface area contributed by atoms with Crippen LogP contribution in [0.3, 0.4) is 0 Å². The van der Waals surface area contributed by atoms with Crippen LogP contribution in [0.1, 0.15) is 71.6 Å². The number of rotatable bonds is 10. The number of benzene rings is 1. The lowest BCUT2D eigenvalue weighted by molar-refractivity contribution is -0.142. The van der Waals surface area contributed by atoms with Crippen molar-refractivity contribution in [2.45, 2.75) is 77.6 Å². The number of nitrogens with two attached hydrogens (primary N) is 1. The third-order valence-electron chi connectivity index (χ3n) is 4.75. The summed E-state index contributed by atoms with van der Waals surface area (Å²) in [5.41, 5.74) is 4.75. The number of primary amides is 1. The highest BCUT2D eigenvalue weighted by molar-refractivity contribution is 5.93. The number of carbonyl (C=O) groups excluding carboxylic acids is 4. The van der Waals surface area contributed by atoms with Crippen LogP contribution >= 0.6 is 0 Å². The van der Waals surface area contributed by atoms with Gasteiger partial charge in [-0.2, -0.15) is 0 Å². The van der Waals surface area contributed by atoms with E-state index in [1.165, 1.54) is 11.0 Å². The molecule has 2 unspecified atom stereocenters. The molecule has 1 aromatic rings. The van der Waals surface area contributed by atoms with Gasteiger partial charge in [0, 0.05) is 24.1 Å². The molecule has 0 fully saturated rings. The average Bonchev–Trinajstić information content (AvgIpc) is 2.73. The predicted octanol–water partition coefficient (Wildman–Crippen LogP) is 2.80. The van der Waals surface area contributed by atoms with E-state index in [2.05, 4.69) is 23.1 Å². The maximum atomic E-state index is 13.9. The summed E-state index contributed by atoms with van der Waals surface area (Å²) in [4.78, 5) is 52.7. The number of amides is 4. The third-order valence-corrected chi connectivity index (χ3v) is 4.75. The Bertz CT molecular complexity index is 1010. The van der Waals surface area contributed by atoms with Crippen LogP contribution in [-0.2, 0) is 19.1 Å². The molecule has 4 N–H and O–H groups in total. The molecule has 0 spiro atoms. The molecule has 0 aliphatic carbocycles. The number of hydrogen-bond acceptors (Lipinski definition) is 5. The van der Waals surface area contributed by atoms with Crippen LogP contribution in [0, 0.1) is 12.3 Å². The molecule has 4 amide bonds. The molecule has 0 aliphatic heterocycles. The number of ether oxygens (including phenoxy) is 1. The molecule has 2 atom stereocenters. The zero-order valence-corrected chi connectivity index (χ0v) is 22.0. The fourth-order valence-electron chi connectivity index (χ4n) is 3.41. The van der Waals surface area contributed by atoms with E-state index >= 15 is 0 Å². The van der Waals surface area contributed by atoms with Gasteiger partial charge in [-0.15, -0.1) is 13.0 Å². The summed E-state index contributed by atoms with van der Waals surface area (Å²) in [5, 5.41) is 5.43. The van der Waals surface area contributed by atoms with E-state index in [0.717, 1.165) is 0 Å². The molecule has 1 rings (SSSR count). The van der Waals surface area contributed by atoms with Crippen molar-refractivity contribution in [2.75, 3.05) is 6.54 Å². The molecule has 9 heteroatoms. The van der Waals surface area contributed by atoms with Gasteiger partial charge < -0.3 is 26.0 Å². The Morgan fingerprint density at radius 3 is 2.28 bits per heavy atom. The van der Waals surface area contributed by atoms with Crippen molar-refractivity contribution in [2.24, 2.45) is 5.73 Å². The maximum absolute atomic E-state index is 13.9. The predicted molar refractivity (Wildman–Crippen MR) is 139 cm³/mol. The van der Waals surface area contributed by atoms with Crippen LogP contribution in [0.2, 0.25) is 0 Å². The largest absolute Gasteiger partial charge is 0.444 e. The average molecular weight is 499 g/mol. The van der Waals surface area contributed by atoms with Crippen molar-refractivity contribution < 1.29 is 23.9 Å². The number of terminal acetylenes is 1. The normalized spacial score (nSPS) is 12.9. The van der Waals surface area contributed by atoms with Gasteiger partial charge in [0.05, 0.1) is 0 Å². The molecule has 0 aliphatic rings. The zero-order chi connectivity index (χ0) is 27.7. The summed E-state index contributed by atoms with van der Waals surface area (Å²) < 4.78 is 5.30. The van der Waals surface area contributed by atoms with Gasteiger partial charge in [-0.05, 0) is 59.6 Å². The summed E-state index contributed by atoms with van der Waals surface area (Å²) >= 11 is 0. The van der Waals surface area contributed by atoms with E-state index in [1.807, 2.05) is 20.8 Å². The second kappa shape index (κ2) is 12.8. The summed E-state index contributed by atoms with van der Waals surface area (Å²) in [5.74, 6) is 0.829. The van der Waals surface area contributed by atoms with E-state index in [-0.39, 0.29) is 19.4 Å². The van der Waals surface area contributed by atoms with Gasteiger partial charge in [-0.25, -0.2) is 4.79 Å².